The lowest BCUT2D eigenvalue weighted by Gasteiger charge is -2.38. The Kier molecular flexibility index (Phi) is 5.78. The number of hydrogen-bond acceptors (Lipinski definition) is 6. The van der Waals surface area contributed by atoms with E-state index in [4.69, 9.17) is 9.47 Å². The van der Waals surface area contributed by atoms with Crippen LogP contribution >= 0.6 is 11.3 Å². The molecule has 1 N–H and O–H groups in total. The average Bonchev–Trinajstić information content (AvgIpc) is 3.29. The molecule has 1 aliphatic heterocycles. The Morgan fingerprint density at radius 3 is 2.79 bits per heavy atom. The van der Waals surface area contributed by atoms with Crippen molar-refractivity contribution in [2.45, 2.75) is 76.0 Å². The van der Waals surface area contributed by atoms with Crippen molar-refractivity contribution < 1.29 is 14.6 Å². The van der Waals surface area contributed by atoms with Gasteiger partial charge in [0.25, 0.3) is 0 Å². The van der Waals surface area contributed by atoms with Crippen LogP contribution in [0.3, 0.4) is 0 Å². The van der Waals surface area contributed by atoms with E-state index in [1.54, 1.807) is 0 Å². The van der Waals surface area contributed by atoms with Crippen LogP contribution in [-0.4, -0.2) is 59.5 Å². The van der Waals surface area contributed by atoms with Crippen molar-refractivity contribution in [2.75, 3.05) is 26.3 Å². The van der Waals surface area contributed by atoms with Gasteiger partial charge in [-0.25, -0.2) is 4.98 Å². The fourth-order valence-electron chi connectivity index (χ4n) is 5.53. The van der Waals surface area contributed by atoms with Crippen molar-refractivity contribution in [1.29, 1.82) is 0 Å². The molecular formula is C23H32N2O3S. The van der Waals surface area contributed by atoms with E-state index < -0.39 is 0 Å². The molecule has 2 atom stereocenters. The van der Waals surface area contributed by atoms with Crippen LogP contribution in [0.25, 0.3) is 10.2 Å². The summed E-state index contributed by atoms with van der Waals surface area (Å²) in [7, 11) is 0. The number of hydrogen-bond donors (Lipinski definition) is 1. The van der Waals surface area contributed by atoms with E-state index in [-0.39, 0.29) is 6.10 Å². The molecule has 2 fully saturated rings. The highest BCUT2D eigenvalue weighted by molar-refractivity contribution is 7.19. The number of aromatic nitrogens is 1. The summed E-state index contributed by atoms with van der Waals surface area (Å²) in [5.74, 6) is 1.45. The molecule has 3 aliphatic rings. The van der Waals surface area contributed by atoms with Crippen molar-refractivity contribution >= 4 is 21.6 Å². The quantitative estimate of drug-likeness (QED) is 0.795. The number of thiophene rings is 1. The SMILES string of the molecule is C[C@H](O)C[C@H]1CCc2sc3nccc(OC4CCC(N5CCOCC5)CC4)c3c21. The summed E-state index contributed by atoms with van der Waals surface area (Å²) in [6, 6.07) is 2.75. The molecule has 2 aliphatic carbocycles. The second kappa shape index (κ2) is 8.50. The molecule has 1 saturated heterocycles. The maximum absolute atomic E-state index is 9.96. The number of fused-ring (bicyclic) bond motifs is 3. The molecule has 2 aromatic heterocycles. The predicted octanol–water partition coefficient (Wildman–Crippen LogP) is 4.12. The van der Waals surface area contributed by atoms with E-state index in [0.29, 0.717) is 18.1 Å². The van der Waals surface area contributed by atoms with Crippen LogP contribution in [0.15, 0.2) is 12.3 Å². The first-order valence-corrected chi connectivity index (χ1v) is 12.1. The van der Waals surface area contributed by atoms with Crippen LogP contribution in [0.4, 0.5) is 0 Å². The minimum absolute atomic E-state index is 0.266. The van der Waals surface area contributed by atoms with Crippen LogP contribution < -0.4 is 4.74 Å². The molecule has 0 amide bonds. The smallest absolute Gasteiger partial charge is 0.131 e. The van der Waals surface area contributed by atoms with E-state index in [2.05, 4.69) is 16.0 Å². The largest absolute Gasteiger partial charge is 0.490 e. The van der Waals surface area contributed by atoms with Gasteiger partial charge in [-0.2, -0.15) is 0 Å². The molecule has 1 saturated carbocycles. The lowest BCUT2D eigenvalue weighted by molar-refractivity contribution is -0.000920. The number of aliphatic hydroxyl groups excluding tert-OH is 1. The summed E-state index contributed by atoms with van der Waals surface area (Å²) in [5, 5.41) is 11.2. The normalized spacial score (nSPS) is 29.1. The fraction of sp³-hybridized carbons (Fsp3) is 0.696. The van der Waals surface area contributed by atoms with Gasteiger partial charge in [-0.3, -0.25) is 4.90 Å². The van der Waals surface area contributed by atoms with E-state index >= 15 is 0 Å². The van der Waals surface area contributed by atoms with Gasteiger partial charge in [-0.05, 0) is 69.4 Å². The van der Waals surface area contributed by atoms with Gasteiger partial charge in [-0.15, -0.1) is 11.3 Å². The highest BCUT2D eigenvalue weighted by Crippen LogP contribution is 2.48. The molecule has 5 nitrogen and oxygen atoms in total. The third kappa shape index (κ3) is 4.05. The zero-order valence-corrected chi connectivity index (χ0v) is 18.1. The number of pyridine rings is 1. The van der Waals surface area contributed by atoms with Crippen LogP contribution in [-0.2, 0) is 11.2 Å². The summed E-state index contributed by atoms with van der Waals surface area (Å²) >= 11 is 1.82. The number of nitrogens with zero attached hydrogens (tertiary/aromatic N) is 2. The van der Waals surface area contributed by atoms with E-state index in [1.807, 2.05) is 24.5 Å². The van der Waals surface area contributed by atoms with Crippen molar-refractivity contribution in [1.82, 2.24) is 9.88 Å². The first kappa shape index (κ1) is 19.7. The average molecular weight is 417 g/mol. The fourth-order valence-corrected chi connectivity index (χ4v) is 6.78. The van der Waals surface area contributed by atoms with Crippen molar-refractivity contribution in [2.24, 2.45) is 0 Å². The topological polar surface area (TPSA) is 54.8 Å². The van der Waals surface area contributed by atoms with E-state index in [0.717, 1.165) is 69.0 Å². The van der Waals surface area contributed by atoms with E-state index in [1.165, 1.54) is 28.7 Å². The molecule has 0 spiro atoms. The molecule has 29 heavy (non-hydrogen) atoms. The third-order valence-corrected chi connectivity index (χ3v) is 8.09. The second-order valence-corrected chi connectivity index (χ2v) is 10.0. The molecular weight excluding hydrogens is 384 g/mol. The number of ether oxygens (including phenoxy) is 2. The maximum atomic E-state index is 9.96. The van der Waals surface area contributed by atoms with Crippen molar-refractivity contribution in [3.05, 3.63) is 22.7 Å². The van der Waals surface area contributed by atoms with Gasteiger partial charge in [0.15, 0.2) is 0 Å². The lowest BCUT2D eigenvalue weighted by atomic mass is 9.91. The van der Waals surface area contributed by atoms with Gasteiger partial charge in [0, 0.05) is 30.2 Å². The van der Waals surface area contributed by atoms with Crippen LogP contribution in [0.5, 0.6) is 5.75 Å². The Morgan fingerprint density at radius 1 is 1.24 bits per heavy atom. The Morgan fingerprint density at radius 2 is 2.03 bits per heavy atom. The molecule has 0 unspecified atom stereocenters. The van der Waals surface area contributed by atoms with Crippen LogP contribution in [0.1, 0.15) is 61.8 Å². The summed E-state index contributed by atoms with van der Waals surface area (Å²) in [6.45, 7) is 5.81. The summed E-state index contributed by atoms with van der Waals surface area (Å²) in [4.78, 5) is 9.80. The molecule has 5 rings (SSSR count). The Hall–Kier alpha value is -1.21. The highest BCUT2D eigenvalue weighted by Gasteiger charge is 2.32. The van der Waals surface area contributed by atoms with E-state index in [9.17, 15) is 5.11 Å². The van der Waals surface area contributed by atoms with Crippen LogP contribution in [0, 0.1) is 0 Å². The second-order valence-electron chi connectivity index (χ2n) is 8.95. The van der Waals surface area contributed by atoms with Crippen LogP contribution in [0.2, 0.25) is 0 Å². The first-order valence-electron chi connectivity index (χ1n) is 11.3. The monoisotopic (exact) mass is 416 g/mol. The molecule has 0 radical (unpaired) electrons. The Labute approximate surface area is 177 Å². The summed E-state index contributed by atoms with van der Waals surface area (Å²) in [6.07, 6.45) is 9.67. The predicted molar refractivity (Wildman–Crippen MR) is 116 cm³/mol. The zero-order chi connectivity index (χ0) is 19.8. The summed E-state index contributed by atoms with van der Waals surface area (Å²) < 4.78 is 12.1. The highest BCUT2D eigenvalue weighted by atomic mass is 32.1. The minimum Gasteiger partial charge on any atom is -0.490 e. The van der Waals surface area contributed by atoms with Gasteiger partial charge in [0.05, 0.1) is 30.8 Å². The first-order chi connectivity index (χ1) is 14.2. The molecule has 3 heterocycles. The molecule has 0 aromatic carbocycles. The lowest BCUT2D eigenvalue weighted by Crippen LogP contribution is -2.46. The maximum Gasteiger partial charge on any atom is 0.131 e. The molecule has 0 bridgehead atoms. The number of rotatable bonds is 5. The number of aliphatic hydroxyl groups is 1. The van der Waals surface area contributed by atoms with Gasteiger partial charge >= 0.3 is 0 Å². The Balaban J connectivity index is 1.31. The third-order valence-electron chi connectivity index (χ3n) is 6.92. The molecule has 2 aromatic rings. The van der Waals surface area contributed by atoms with Gasteiger partial charge in [-0.1, -0.05) is 0 Å². The standard InChI is InChI=1S/C23H32N2O3S/c1-15(26)14-16-2-7-20-21(16)22-19(8-9-24-23(22)29-20)28-18-5-3-17(4-6-18)25-10-12-27-13-11-25/h8-9,15-18,26H,2-7,10-14H2,1H3/t15-,16+,17?,18?/m0/s1. The minimum atomic E-state index is -0.266. The van der Waals surface area contributed by atoms with Gasteiger partial charge < -0.3 is 14.6 Å². The molecule has 158 valence electrons. The summed E-state index contributed by atoms with van der Waals surface area (Å²) in [5.41, 5.74) is 1.41. The van der Waals surface area contributed by atoms with Crippen molar-refractivity contribution in [3.63, 3.8) is 0 Å². The van der Waals surface area contributed by atoms with Crippen molar-refractivity contribution in [3.8, 4) is 5.75 Å². The number of morpholine rings is 1. The Bertz CT molecular complexity index is 838. The number of aryl methyl sites for hydroxylation is 1. The van der Waals surface area contributed by atoms with Gasteiger partial charge in [0.2, 0.25) is 0 Å². The zero-order valence-electron chi connectivity index (χ0n) is 17.3. The van der Waals surface area contributed by atoms with Gasteiger partial charge in [0.1, 0.15) is 10.6 Å². The molecule has 6 heteroatoms.